The van der Waals surface area contributed by atoms with Crippen LogP contribution in [-0.2, 0) is 22.7 Å². The average molecular weight is 397 g/mol. The molecule has 2 amide bonds. The zero-order valence-electron chi connectivity index (χ0n) is 15.9. The molecule has 2 aromatic carbocycles. The molecule has 2 fully saturated rings. The largest absolute Gasteiger partial charge is 0.489 e. The Bertz CT molecular complexity index is 856. The van der Waals surface area contributed by atoms with E-state index in [-0.39, 0.29) is 22.7 Å². The van der Waals surface area contributed by atoms with Crippen molar-refractivity contribution in [1.82, 2.24) is 10.2 Å². The van der Waals surface area contributed by atoms with E-state index in [0.717, 1.165) is 23.3 Å². The fourth-order valence-electron chi connectivity index (χ4n) is 3.77. The topological polar surface area (TPSA) is 58.6 Å². The minimum absolute atomic E-state index is 0.0733. The Balaban J connectivity index is 1.29. The molecule has 6 heteroatoms. The Labute approximate surface area is 169 Å². The van der Waals surface area contributed by atoms with Gasteiger partial charge in [0.1, 0.15) is 18.4 Å². The Kier molecular flexibility index (Phi) is 5.31. The predicted octanol–water partition coefficient (Wildman–Crippen LogP) is 3.34. The van der Waals surface area contributed by atoms with Crippen molar-refractivity contribution < 1.29 is 14.3 Å². The second kappa shape index (κ2) is 7.87. The van der Waals surface area contributed by atoms with Crippen molar-refractivity contribution in [2.45, 2.75) is 43.8 Å². The van der Waals surface area contributed by atoms with Crippen LogP contribution in [0.3, 0.4) is 0 Å². The normalized spacial score (nSPS) is 23.5. The fraction of sp³-hybridized carbons (Fsp3) is 0.364. The maximum absolute atomic E-state index is 12.6. The monoisotopic (exact) mass is 396 g/mol. The summed E-state index contributed by atoms with van der Waals surface area (Å²) < 4.78 is 5.79. The molecule has 1 N–H and O–H groups in total. The van der Waals surface area contributed by atoms with Gasteiger partial charge in [-0.05, 0) is 36.6 Å². The third kappa shape index (κ3) is 3.87. The van der Waals surface area contributed by atoms with Crippen LogP contribution in [0.15, 0.2) is 54.6 Å². The van der Waals surface area contributed by atoms with Crippen LogP contribution in [0.25, 0.3) is 0 Å². The molecule has 2 saturated heterocycles. The van der Waals surface area contributed by atoms with E-state index in [1.54, 1.807) is 16.7 Å². The number of hydrogen-bond donors (Lipinski definition) is 1. The Morgan fingerprint density at radius 1 is 1.18 bits per heavy atom. The van der Waals surface area contributed by atoms with E-state index in [9.17, 15) is 9.59 Å². The van der Waals surface area contributed by atoms with Gasteiger partial charge in [-0.25, -0.2) is 0 Å². The number of amides is 2. The number of fused-ring (bicyclic) bond motifs is 1. The van der Waals surface area contributed by atoms with E-state index in [1.807, 2.05) is 54.6 Å². The van der Waals surface area contributed by atoms with Crippen molar-refractivity contribution in [2.75, 3.05) is 5.75 Å². The second-order valence-electron chi connectivity index (χ2n) is 7.40. The van der Waals surface area contributed by atoms with Gasteiger partial charge in [-0.3, -0.25) is 9.59 Å². The zero-order chi connectivity index (χ0) is 19.6. The first kappa shape index (κ1) is 18.9. The first-order valence-electron chi connectivity index (χ1n) is 9.55. The number of carbonyl (C=O) groups excluding carboxylic acids is 2. The molecule has 5 nitrogen and oxygen atoms in total. The molecule has 28 heavy (non-hydrogen) atoms. The number of hydrogen-bond acceptors (Lipinski definition) is 4. The third-order valence-corrected chi connectivity index (χ3v) is 6.89. The fourth-order valence-corrected chi connectivity index (χ4v) is 5.20. The summed E-state index contributed by atoms with van der Waals surface area (Å²) >= 11 is 1.71. The summed E-state index contributed by atoms with van der Waals surface area (Å²) in [7, 11) is 0. The van der Waals surface area contributed by atoms with Gasteiger partial charge in [0, 0.05) is 18.7 Å². The summed E-state index contributed by atoms with van der Waals surface area (Å²) in [6.45, 7) is 3.03. The van der Waals surface area contributed by atoms with Gasteiger partial charge < -0.3 is 15.0 Å². The molecular formula is C22H24N2O3S. The Hall–Kier alpha value is -2.47. The highest BCUT2D eigenvalue weighted by Gasteiger charge is 2.52. The molecule has 0 bridgehead atoms. The van der Waals surface area contributed by atoms with Gasteiger partial charge in [-0.2, -0.15) is 0 Å². The molecule has 2 aliphatic rings. The van der Waals surface area contributed by atoms with Gasteiger partial charge in [0.2, 0.25) is 11.8 Å². The second-order valence-corrected chi connectivity index (χ2v) is 8.90. The van der Waals surface area contributed by atoms with E-state index < -0.39 is 0 Å². The van der Waals surface area contributed by atoms with Crippen molar-refractivity contribution in [3.05, 3.63) is 65.7 Å². The minimum Gasteiger partial charge on any atom is -0.489 e. The molecule has 2 aliphatic heterocycles. The maximum Gasteiger partial charge on any atom is 0.243 e. The lowest BCUT2D eigenvalue weighted by Gasteiger charge is -2.29. The highest BCUT2D eigenvalue weighted by atomic mass is 32.2. The molecule has 2 atom stereocenters. The predicted molar refractivity (Wildman–Crippen MR) is 110 cm³/mol. The molecule has 4 rings (SSSR count). The van der Waals surface area contributed by atoms with Gasteiger partial charge in [0.05, 0.1) is 4.87 Å². The lowest BCUT2D eigenvalue weighted by atomic mass is 10.2. The number of ether oxygens (including phenoxy) is 1. The summed E-state index contributed by atoms with van der Waals surface area (Å²) in [5, 5.41) is 2.98. The molecular weight excluding hydrogens is 372 g/mol. The summed E-state index contributed by atoms with van der Waals surface area (Å²) in [5.74, 6) is 1.48. The molecule has 0 radical (unpaired) electrons. The number of nitrogens with zero attached hydrogens (tertiary/aromatic N) is 1. The molecule has 2 aromatic rings. The zero-order valence-corrected chi connectivity index (χ0v) is 16.7. The lowest BCUT2D eigenvalue weighted by Crippen LogP contribution is -2.49. The van der Waals surface area contributed by atoms with Crippen molar-refractivity contribution in [3.63, 3.8) is 0 Å². The molecule has 146 valence electrons. The van der Waals surface area contributed by atoms with Gasteiger partial charge in [-0.15, -0.1) is 11.8 Å². The smallest absolute Gasteiger partial charge is 0.243 e. The van der Waals surface area contributed by atoms with Gasteiger partial charge >= 0.3 is 0 Å². The van der Waals surface area contributed by atoms with E-state index in [0.29, 0.717) is 25.3 Å². The average Bonchev–Trinajstić information content (AvgIpc) is 3.22. The van der Waals surface area contributed by atoms with Crippen molar-refractivity contribution in [2.24, 2.45) is 0 Å². The number of thioether (sulfide) groups is 1. The summed E-state index contributed by atoms with van der Waals surface area (Å²) in [5.41, 5.74) is 2.12. The first-order chi connectivity index (χ1) is 13.5. The Morgan fingerprint density at radius 2 is 1.93 bits per heavy atom. The number of nitrogens with one attached hydrogen (secondary N) is 1. The molecule has 2 unspecified atom stereocenters. The van der Waals surface area contributed by atoms with Crippen molar-refractivity contribution >= 4 is 23.6 Å². The van der Waals surface area contributed by atoms with Crippen LogP contribution in [-0.4, -0.2) is 33.4 Å². The summed E-state index contributed by atoms with van der Waals surface area (Å²) in [6, 6.07) is 17.4. The highest BCUT2D eigenvalue weighted by Crippen LogP contribution is 2.47. The summed E-state index contributed by atoms with van der Waals surface area (Å²) in [4.78, 5) is 26.4. The summed E-state index contributed by atoms with van der Waals surface area (Å²) in [6.07, 6.45) is 1.36. The van der Waals surface area contributed by atoms with Gasteiger partial charge in [-0.1, -0.05) is 42.5 Å². The van der Waals surface area contributed by atoms with E-state index in [4.69, 9.17) is 4.74 Å². The SMILES string of the molecule is CC12CCC(=O)N1C(C(=O)NCc1ccc(OCc3ccccc3)cc1)CS2. The molecule has 0 spiro atoms. The van der Waals surface area contributed by atoms with Crippen molar-refractivity contribution in [3.8, 4) is 5.75 Å². The van der Waals surface area contributed by atoms with Crippen LogP contribution >= 0.6 is 11.8 Å². The standard InChI is InChI=1S/C22H24N2O3S/c1-22-12-11-20(25)24(22)19(15-28-22)21(26)23-13-16-7-9-18(10-8-16)27-14-17-5-3-2-4-6-17/h2-10,19H,11-15H2,1H3,(H,23,26). The third-order valence-electron chi connectivity index (χ3n) is 5.39. The van der Waals surface area contributed by atoms with Crippen LogP contribution in [0.4, 0.5) is 0 Å². The molecule has 0 aliphatic carbocycles. The Morgan fingerprint density at radius 3 is 2.68 bits per heavy atom. The number of carbonyl (C=O) groups is 2. The molecule has 0 saturated carbocycles. The van der Waals surface area contributed by atoms with Crippen LogP contribution in [0.2, 0.25) is 0 Å². The molecule has 0 aromatic heterocycles. The molecule has 2 heterocycles. The van der Waals surface area contributed by atoms with E-state index >= 15 is 0 Å². The van der Waals surface area contributed by atoms with Gasteiger partial charge in [0.15, 0.2) is 0 Å². The van der Waals surface area contributed by atoms with Crippen LogP contribution in [0.5, 0.6) is 5.75 Å². The maximum atomic E-state index is 12.6. The van der Waals surface area contributed by atoms with E-state index in [1.165, 1.54) is 0 Å². The quantitative estimate of drug-likeness (QED) is 0.814. The highest BCUT2D eigenvalue weighted by molar-refractivity contribution is 8.01. The van der Waals surface area contributed by atoms with E-state index in [2.05, 4.69) is 12.2 Å². The first-order valence-corrected chi connectivity index (χ1v) is 10.5. The number of rotatable bonds is 6. The van der Waals surface area contributed by atoms with Crippen LogP contribution < -0.4 is 10.1 Å². The lowest BCUT2D eigenvalue weighted by molar-refractivity contribution is -0.138. The van der Waals surface area contributed by atoms with Crippen LogP contribution in [0.1, 0.15) is 30.9 Å². The minimum atomic E-state index is -0.363. The van der Waals surface area contributed by atoms with Crippen LogP contribution in [0, 0.1) is 0 Å². The number of benzene rings is 2. The van der Waals surface area contributed by atoms with Gasteiger partial charge in [0.25, 0.3) is 0 Å². The van der Waals surface area contributed by atoms with Crippen molar-refractivity contribution in [1.29, 1.82) is 0 Å².